The number of aromatic amines is 1. The minimum Gasteiger partial charge on any atom is -0.496 e. The number of H-pyrrole nitrogens is 1. The second-order valence-electron chi connectivity index (χ2n) is 11.3. The number of carbonyl (C=O) groups excluding carboxylic acids is 3. The van der Waals surface area contributed by atoms with Crippen molar-refractivity contribution in [3.05, 3.63) is 88.4 Å². The Kier molecular flexibility index (Phi) is 7.36. The summed E-state index contributed by atoms with van der Waals surface area (Å²) in [6, 6.07) is 15.2. The molecule has 0 saturated carbocycles. The van der Waals surface area contributed by atoms with Crippen molar-refractivity contribution in [2.75, 3.05) is 27.8 Å². The first-order chi connectivity index (χ1) is 20.3. The van der Waals surface area contributed by atoms with Crippen molar-refractivity contribution >= 4 is 28.6 Å². The first kappa shape index (κ1) is 27.8. The van der Waals surface area contributed by atoms with Gasteiger partial charge in [0, 0.05) is 65.3 Å². The van der Waals surface area contributed by atoms with Crippen LogP contribution in [0.4, 0.5) is 0 Å². The Hall–Kier alpha value is -4.37. The number of methoxy groups -OCH3 is 2. The molecule has 1 fully saturated rings. The number of ketones is 1. The van der Waals surface area contributed by atoms with Gasteiger partial charge in [-0.2, -0.15) is 0 Å². The lowest BCUT2D eigenvalue weighted by molar-refractivity contribution is -0.147. The van der Waals surface area contributed by atoms with Crippen molar-refractivity contribution in [3.8, 4) is 5.75 Å². The van der Waals surface area contributed by atoms with E-state index in [-0.39, 0.29) is 17.7 Å². The molecule has 6 rings (SSSR count). The minimum absolute atomic E-state index is 0.0126. The number of benzene rings is 2. The van der Waals surface area contributed by atoms with E-state index in [9.17, 15) is 14.4 Å². The van der Waals surface area contributed by atoms with E-state index in [0.29, 0.717) is 42.7 Å². The van der Waals surface area contributed by atoms with Crippen LogP contribution in [0.25, 0.3) is 10.9 Å². The molecule has 1 aliphatic carbocycles. The number of hydrogen-bond acceptors (Lipinski definition) is 8. The van der Waals surface area contributed by atoms with Crippen molar-refractivity contribution in [3.63, 3.8) is 0 Å². The van der Waals surface area contributed by atoms with Crippen LogP contribution in [-0.2, 0) is 23.9 Å². The number of likely N-dealkylation sites (N-methyl/N-ethyl adjacent to an activating group) is 1. The standard InChI is InChI=1S/C33H35N3O6/c1-18-29(33(39)42-20-16-26(32(38)41-4)36(2)17-20)30(23-9-7-10-24-22(23)12-13-34-24)31-25(35-18)14-19(15-27(31)37)21-8-5-6-11-28(21)40-3/h5-13,19-20,26,30,34-35H,14-17H2,1-4H3/t19-,20+,26-,30-/m1/s1. The Balaban J connectivity index is 1.39. The van der Waals surface area contributed by atoms with Crippen LogP contribution >= 0.6 is 0 Å². The summed E-state index contributed by atoms with van der Waals surface area (Å²) in [4.78, 5) is 45.4. The third-order valence-corrected chi connectivity index (χ3v) is 8.82. The fourth-order valence-corrected chi connectivity index (χ4v) is 6.87. The van der Waals surface area contributed by atoms with Gasteiger partial charge in [-0.3, -0.25) is 14.5 Å². The number of fused-ring (bicyclic) bond motifs is 1. The van der Waals surface area contributed by atoms with Crippen molar-refractivity contribution < 1.29 is 28.6 Å². The Labute approximate surface area is 244 Å². The molecule has 42 heavy (non-hydrogen) atoms. The van der Waals surface area contributed by atoms with Crippen molar-refractivity contribution in [1.29, 1.82) is 0 Å². The molecule has 0 amide bonds. The van der Waals surface area contributed by atoms with Crippen LogP contribution in [0.1, 0.15) is 49.1 Å². The highest BCUT2D eigenvalue weighted by Gasteiger charge is 2.44. The van der Waals surface area contributed by atoms with Gasteiger partial charge < -0.3 is 24.5 Å². The molecular weight excluding hydrogens is 534 g/mol. The van der Waals surface area contributed by atoms with E-state index in [4.69, 9.17) is 14.2 Å². The number of aromatic nitrogens is 1. The Bertz CT molecular complexity index is 1640. The molecule has 3 aromatic rings. The average molecular weight is 570 g/mol. The fraction of sp³-hybridized carbons (Fsp3) is 0.364. The Morgan fingerprint density at radius 3 is 2.57 bits per heavy atom. The maximum atomic E-state index is 14.1. The molecule has 0 unspecified atom stereocenters. The summed E-state index contributed by atoms with van der Waals surface area (Å²) in [7, 11) is 4.81. The molecule has 3 heterocycles. The maximum Gasteiger partial charge on any atom is 0.337 e. The molecule has 218 valence electrons. The van der Waals surface area contributed by atoms with E-state index in [1.807, 2.05) is 73.6 Å². The number of nitrogens with zero attached hydrogens (tertiary/aromatic N) is 1. The van der Waals surface area contributed by atoms with Crippen LogP contribution < -0.4 is 10.1 Å². The van der Waals surface area contributed by atoms with Gasteiger partial charge in [-0.25, -0.2) is 4.79 Å². The molecule has 1 saturated heterocycles. The third-order valence-electron chi connectivity index (χ3n) is 8.82. The van der Waals surface area contributed by atoms with Crippen molar-refractivity contribution in [1.82, 2.24) is 15.2 Å². The highest BCUT2D eigenvalue weighted by molar-refractivity contribution is 6.05. The maximum absolute atomic E-state index is 14.1. The number of Topliss-reactive ketones (excluding diaryl/α,β-unsaturated/α-hetero) is 1. The second kappa shape index (κ2) is 11.1. The van der Waals surface area contributed by atoms with Gasteiger partial charge >= 0.3 is 11.9 Å². The number of ether oxygens (including phenoxy) is 3. The number of dihydropyridines is 1. The topological polar surface area (TPSA) is 110 Å². The van der Waals surface area contributed by atoms with Gasteiger partial charge in [0.25, 0.3) is 0 Å². The molecule has 9 nitrogen and oxygen atoms in total. The summed E-state index contributed by atoms with van der Waals surface area (Å²) in [5.74, 6) is -0.764. The summed E-state index contributed by atoms with van der Waals surface area (Å²) in [5, 5.41) is 4.38. The second-order valence-corrected chi connectivity index (χ2v) is 11.3. The first-order valence-corrected chi connectivity index (χ1v) is 14.2. The smallest absolute Gasteiger partial charge is 0.337 e. The summed E-state index contributed by atoms with van der Waals surface area (Å²) >= 11 is 0. The molecule has 0 bridgehead atoms. The van der Waals surface area contributed by atoms with Crippen LogP contribution in [0.5, 0.6) is 5.75 Å². The molecule has 0 spiro atoms. The Morgan fingerprint density at radius 2 is 1.79 bits per heavy atom. The van der Waals surface area contributed by atoms with E-state index in [1.165, 1.54) is 7.11 Å². The first-order valence-electron chi connectivity index (χ1n) is 14.2. The molecule has 4 atom stereocenters. The highest BCUT2D eigenvalue weighted by Crippen LogP contribution is 2.48. The van der Waals surface area contributed by atoms with Crippen molar-refractivity contribution in [2.45, 2.75) is 50.2 Å². The Morgan fingerprint density at radius 1 is 1.00 bits per heavy atom. The molecule has 0 radical (unpaired) electrons. The largest absolute Gasteiger partial charge is 0.496 e. The molecule has 3 aliphatic rings. The van der Waals surface area contributed by atoms with Gasteiger partial charge in [0.1, 0.15) is 17.9 Å². The SMILES string of the molecule is COC(=O)[C@H]1C[C@H](OC(=O)C2=C(C)NC3=C(C(=O)C[C@H](c4ccccc4OC)C3)[C@@H]2c2cccc3[nH]ccc23)CN1C. The van der Waals surface area contributed by atoms with Gasteiger partial charge in [0.2, 0.25) is 0 Å². The van der Waals surface area contributed by atoms with Crippen LogP contribution in [0.3, 0.4) is 0 Å². The number of hydrogen-bond donors (Lipinski definition) is 2. The summed E-state index contributed by atoms with van der Waals surface area (Å²) in [6.45, 7) is 2.27. The van der Waals surface area contributed by atoms with E-state index in [2.05, 4.69) is 10.3 Å². The lowest BCUT2D eigenvalue weighted by atomic mass is 9.71. The molecular formula is C33H35N3O6. The van der Waals surface area contributed by atoms with E-state index < -0.39 is 24.0 Å². The predicted molar refractivity (Wildman–Crippen MR) is 157 cm³/mol. The molecule has 2 N–H and O–H groups in total. The molecule has 9 heteroatoms. The molecule has 2 aromatic carbocycles. The monoisotopic (exact) mass is 569 g/mol. The third kappa shape index (κ3) is 4.77. The van der Waals surface area contributed by atoms with E-state index in [1.54, 1.807) is 7.11 Å². The number of para-hydroxylation sites is 1. The van der Waals surface area contributed by atoms with Crippen LogP contribution in [0.15, 0.2) is 77.3 Å². The van der Waals surface area contributed by atoms with Gasteiger partial charge in [-0.15, -0.1) is 0 Å². The number of likely N-dealkylation sites (tertiary alicyclic amines) is 1. The van der Waals surface area contributed by atoms with Gasteiger partial charge in [-0.05, 0) is 49.7 Å². The zero-order chi connectivity index (χ0) is 29.5. The van der Waals surface area contributed by atoms with E-state index >= 15 is 0 Å². The van der Waals surface area contributed by atoms with Gasteiger partial charge in [0.05, 0.1) is 19.8 Å². The average Bonchev–Trinajstić information content (AvgIpc) is 3.62. The van der Waals surface area contributed by atoms with Gasteiger partial charge in [0.15, 0.2) is 5.78 Å². The van der Waals surface area contributed by atoms with Crippen LogP contribution in [-0.4, -0.2) is 67.6 Å². The lowest BCUT2D eigenvalue weighted by Crippen LogP contribution is -2.37. The molecule has 1 aromatic heterocycles. The number of nitrogens with one attached hydrogen (secondary N) is 2. The predicted octanol–water partition coefficient (Wildman–Crippen LogP) is 4.33. The van der Waals surface area contributed by atoms with Gasteiger partial charge in [-0.1, -0.05) is 30.3 Å². The van der Waals surface area contributed by atoms with Crippen LogP contribution in [0, 0.1) is 0 Å². The van der Waals surface area contributed by atoms with Crippen LogP contribution in [0.2, 0.25) is 0 Å². The number of rotatable bonds is 6. The van der Waals surface area contributed by atoms with Crippen molar-refractivity contribution in [2.24, 2.45) is 0 Å². The normalized spacial score (nSPS) is 24.4. The van der Waals surface area contributed by atoms with E-state index in [0.717, 1.165) is 33.5 Å². The zero-order valence-electron chi connectivity index (χ0n) is 24.2. The minimum atomic E-state index is -0.602. The number of allylic oxidation sites excluding steroid dienone is 3. The summed E-state index contributed by atoms with van der Waals surface area (Å²) < 4.78 is 16.6. The summed E-state index contributed by atoms with van der Waals surface area (Å²) in [5.41, 5.74) is 5.27. The highest BCUT2D eigenvalue weighted by atomic mass is 16.5. The number of esters is 2. The zero-order valence-corrected chi connectivity index (χ0v) is 24.2. The molecule has 2 aliphatic heterocycles. The quantitative estimate of drug-likeness (QED) is 0.423. The summed E-state index contributed by atoms with van der Waals surface area (Å²) in [6.07, 6.45) is 2.63. The number of carbonyl (C=O) groups is 3. The lowest BCUT2D eigenvalue weighted by Gasteiger charge is -2.37. The fourth-order valence-electron chi connectivity index (χ4n) is 6.87.